The Balaban J connectivity index is 2.37. The molecule has 0 unspecified atom stereocenters. The second-order valence-electron chi connectivity index (χ2n) is 6.92. The van der Waals surface area contributed by atoms with E-state index in [1.54, 1.807) is 24.3 Å². The molecule has 2 rings (SSSR count). The van der Waals surface area contributed by atoms with Gasteiger partial charge in [-0.2, -0.15) is 13.2 Å². The normalized spacial score (nSPS) is 11.7. The highest BCUT2D eigenvalue weighted by Crippen LogP contribution is 2.24. The van der Waals surface area contributed by atoms with Crippen LogP contribution in [0.15, 0.2) is 53.4 Å². The standard InChI is InChI=1S/C21H23F3N2O5S/c1-4-31-19(27)13-26(14-21(22,23)24)20(28)16-6-5-7-18(12-16)32(29,30)25(3)17-10-8-15(2)9-11-17/h5-12H,4,13-14H2,1-3H3. The van der Waals surface area contributed by atoms with E-state index >= 15 is 0 Å². The van der Waals surface area contributed by atoms with E-state index in [2.05, 4.69) is 4.74 Å². The molecule has 0 fully saturated rings. The zero-order chi connectivity index (χ0) is 24.1. The lowest BCUT2D eigenvalue weighted by atomic mass is 10.2. The molecule has 0 aliphatic heterocycles. The van der Waals surface area contributed by atoms with Crippen molar-refractivity contribution in [3.05, 3.63) is 59.7 Å². The van der Waals surface area contributed by atoms with Crippen LogP contribution in [0.4, 0.5) is 18.9 Å². The molecular weight excluding hydrogens is 449 g/mol. The number of anilines is 1. The van der Waals surface area contributed by atoms with E-state index in [0.717, 1.165) is 15.9 Å². The summed E-state index contributed by atoms with van der Waals surface area (Å²) in [6.07, 6.45) is -4.77. The van der Waals surface area contributed by atoms with Gasteiger partial charge < -0.3 is 9.64 Å². The van der Waals surface area contributed by atoms with Gasteiger partial charge in [-0.1, -0.05) is 23.8 Å². The number of hydrogen-bond acceptors (Lipinski definition) is 5. The summed E-state index contributed by atoms with van der Waals surface area (Å²) in [4.78, 5) is 24.4. The Bertz CT molecular complexity index is 1070. The molecule has 0 aromatic heterocycles. The van der Waals surface area contributed by atoms with E-state index in [1.165, 1.54) is 32.2 Å². The molecule has 0 spiro atoms. The first-order valence-electron chi connectivity index (χ1n) is 9.52. The fourth-order valence-corrected chi connectivity index (χ4v) is 4.04. The minimum Gasteiger partial charge on any atom is -0.465 e. The smallest absolute Gasteiger partial charge is 0.406 e. The molecule has 2 aromatic carbocycles. The zero-order valence-corrected chi connectivity index (χ0v) is 18.5. The molecule has 0 N–H and O–H groups in total. The highest BCUT2D eigenvalue weighted by Gasteiger charge is 2.35. The van der Waals surface area contributed by atoms with Crippen LogP contribution in [0.2, 0.25) is 0 Å². The van der Waals surface area contributed by atoms with Crippen molar-refractivity contribution in [2.75, 3.05) is 31.0 Å². The lowest BCUT2D eigenvalue weighted by Crippen LogP contribution is -2.42. The van der Waals surface area contributed by atoms with Crippen molar-refractivity contribution < 1.29 is 35.9 Å². The molecule has 0 aliphatic carbocycles. The van der Waals surface area contributed by atoms with Crippen LogP contribution in [0.5, 0.6) is 0 Å². The highest BCUT2D eigenvalue weighted by molar-refractivity contribution is 7.92. The predicted octanol–water partition coefficient (Wildman–Crippen LogP) is 3.39. The first-order chi connectivity index (χ1) is 14.8. The maximum Gasteiger partial charge on any atom is 0.406 e. The predicted molar refractivity (Wildman–Crippen MR) is 112 cm³/mol. The Labute approximate surface area is 184 Å². The average Bonchev–Trinajstić information content (AvgIpc) is 2.72. The van der Waals surface area contributed by atoms with Crippen LogP contribution in [0.3, 0.4) is 0 Å². The van der Waals surface area contributed by atoms with E-state index in [-0.39, 0.29) is 22.0 Å². The summed E-state index contributed by atoms with van der Waals surface area (Å²) in [5.74, 6) is -2.15. The zero-order valence-electron chi connectivity index (χ0n) is 17.7. The first-order valence-corrected chi connectivity index (χ1v) is 11.0. The van der Waals surface area contributed by atoms with Crippen molar-refractivity contribution in [3.63, 3.8) is 0 Å². The minimum absolute atomic E-state index is 0.0635. The number of carbonyl (C=O) groups is 2. The van der Waals surface area contributed by atoms with E-state index in [0.29, 0.717) is 5.69 Å². The number of aryl methyl sites for hydroxylation is 1. The van der Waals surface area contributed by atoms with Crippen molar-refractivity contribution in [2.24, 2.45) is 0 Å². The molecule has 32 heavy (non-hydrogen) atoms. The Hall–Kier alpha value is -3.08. The van der Waals surface area contributed by atoms with Gasteiger partial charge in [-0.15, -0.1) is 0 Å². The van der Waals surface area contributed by atoms with Crippen LogP contribution in [-0.2, 0) is 19.6 Å². The molecule has 0 atom stereocenters. The molecular formula is C21H23F3N2O5S. The van der Waals surface area contributed by atoms with E-state index < -0.39 is 41.2 Å². The monoisotopic (exact) mass is 472 g/mol. The maximum absolute atomic E-state index is 13.0. The second kappa shape index (κ2) is 10.0. The molecule has 7 nitrogen and oxygen atoms in total. The Morgan fingerprint density at radius 3 is 2.25 bits per heavy atom. The third kappa shape index (κ3) is 6.46. The van der Waals surface area contributed by atoms with Gasteiger partial charge in [0.1, 0.15) is 13.1 Å². The molecule has 0 aliphatic rings. The van der Waals surface area contributed by atoms with Gasteiger partial charge in [-0.05, 0) is 44.2 Å². The van der Waals surface area contributed by atoms with Gasteiger partial charge in [-0.3, -0.25) is 13.9 Å². The summed E-state index contributed by atoms with van der Waals surface area (Å²) < 4.78 is 70.5. The van der Waals surface area contributed by atoms with Gasteiger partial charge in [0, 0.05) is 12.6 Å². The molecule has 174 valence electrons. The molecule has 11 heteroatoms. The van der Waals surface area contributed by atoms with Crippen molar-refractivity contribution in [1.29, 1.82) is 0 Å². The summed E-state index contributed by atoms with van der Waals surface area (Å²) >= 11 is 0. The largest absolute Gasteiger partial charge is 0.465 e. The summed E-state index contributed by atoms with van der Waals surface area (Å²) in [6, 6.07) is 11.3. The maximum atomic E-state index is 13.0. The lowest BCUT2D eigenvalue weighted by Gasteiger charge is -2.24. The average molecular weight is 472 g/mol. The Kier molecular flexibility index (Phi) is 7.89. The lowest BCUT2D eigenvalue weighted by molar-refractivity contribution is -0.153. The molecule has 0 bridgehead atoms. The summed E-state index contributed by atoms with van der Waals surface area (Å²) in [5.41, 5.74) is 0.990. The van der Waals surface area contributed by atoms with Crippen LogP contribution < -0.4 is 4.31 Å². The quantitative estimate of drug-likeness (QED) is 0.550. The van der Waals surface area contributed by atoms with Crippen LogP contribution in [-0.4, -0.2) is 58.1 Å². The van der Waals surface area contributed by atoms with E-state index in [1.807, 2.05) is 6.92 Å². The second-order valence-corrected chi connectivity index (χ2v) is 8.89. The number of esters is 1. The molecule has 0 saturated heterocycles. The molecule has 0 radical (unpaired) electrons. The summed E-state index contributed by atoms with van der Waals surface area (Å²) in [5, 5.41) is 0. The summed E-state index contributed by atoms with van der Waals surface area (Å²) in [7, 11) is -2.78. The molecule has 1 amide bonds. The number of amides is 1. The SMILES string of the molecule is CCOC(=O)CN(CC(F)(F)F)C(=O)c1cccc(S(=O)(=O)N(C)c2ccc(C)cc2)c1. The van der Waals surface area contributed by atoms with Crippen LogP contribution in [0.25, 0.3) is 0 Å². The van der Waals surface area contributed by atoms with Gasteiger partial charge >= 0.3 is 12.1 Å². The van der Waals surface area contributed by atoms with Crippen molar-refractivity contribution >= 4 is 27.6 Å². The van der Waals surface area contributed by atoms with Gasteiger partial charge in [0.2, 0.25) is 0 Å². The van der Waals surface area contributed by atoms with Crippen LogP contribution in [0.1, 0.15) is 22.8 Å². The first kappa shape index (κ1) is 25.2. The Morgan fingerprint density at radius 1 is 1.06 bits per heavy atom. The van der Waals surface area contributed by atoms with E-state index in [9.17, 15) is 31.2 Å². The van der Waals surface area contributed by atoms with E-state index in [4.69, 9.17) is 0 Å². The minimum atomic E-state index is -4.77. The number of alkyl halides is 3. The number of nitrogens with zero attached hydrogens (tertiary/aromatic N) is 2. The molecule has 0 heterocycles. The third-order valence-corrected chi connectivity index (χ3v) is 6.20. The third-order valence-electron chi connectivity index (χ3n) is 4.42. The van der Waals surface area contributed by atoms with Crippen molar-refractivity contribution in [3.8, 4) is 0 Å². The molecule has 2 aromatic rings. The molecule has 0 saturated carbocycles. The Morgan fingerprint density at radius 2 is 1.69 bits per heavy atom. The van der Waals surface area contributed by atoms with Crippen molar-refractivity contribution in [2.45, 2.75) is 24.9 Å². The number of carbonyl (C=O) groups excluding carboxylic acids is 2. The van der Waals surface area contributed by atoms with Crippen LogP contribution >= 0.6 is 0 Å². The number of sulfonamides is 1. The fraction of sp³-hybridized carbons (Fsp3) is 0.333. The number of hydrogen-bond donors (Lipinski definition) is 0. The number of halogens is 3. The van der Waals surface area contributed by atoms with Gasteiger partial charge in [0.05, 0.1) is 17.2 Å². The topological polar surface area (TPSA) is 84.0 Å². The fourth-order valence-electron chi connectivity index (χ4n) is 2.80. The van der Waals surface area contributed by atoms with Crippen molar-refractivity contribution in [1.82, 2.24) is 4.90 Å². The number of rotatable bonds is 8. The van der Waals surface area contributed by atoms with Crippen LogP contribution in [0, 0.1) is 6.92 Å². The summed E-state index contributed by atoms with van der Waals surface area (Å²) in [6.45, 7) is 0.645. The number of benzene rings is 2. The highest BCUT2D eigenvalue weighted by atomic mass is 32.2. The van der Waals surface area contributed by atoms with Gasteiger partial charge in [0.15, 0.2) is 0 Å². The van der Waals surface area contributed by atoms with Gasteiger partial charge in [0.25, 0.3) is 15.9 Å². The van der Waals surface area contributed by atoms with Gasteiger partial charge in [-0.25, -0.2) is 8.42 Å². The number of ether oxygens (including phenoxy) is 1.